The molecule has 0 spiro atoms. The molecule has 0 radical (unpaired) electrons. The van der Waals surface area contributed by atoms with Crippen LogP contribution in [0.5, 0.6) is 0 Å². The SMILES string of the molecule is Nc1c(C(=O)N2CCCC(N)C2)sc2ncccc12. The number of aromatic nitrogens is 1. The highest BCUT2D eigenvalue weighted by Crippen LogP contribution is 2.33. The normalized spacial score (nSPS) is 19.8. The standard InChI is InChI=1S/C13H16N4OS/c14-8-3-2-6-17(7-8)13(18)11-10(15)9-4-1-5-16-12(9)19-11/h1,4-5,8H,2-3,6-7,14-15H2. The first kappa shape index (κ1) is 12.4. The number of amides is 1. The Balaban J connectivity index is 1.95. The minimum Gasteiger partial charge on any atom is -0.397 e. The van der Waals surface area contributed by atoms with E-state index in [4.69, 9.17) is 11.5 Å². The lowest BCUT2D eigenvalue weighted by Crippen LogP contribution is -2.45. The Kier molecular flexibility index (Phi) is 3.12. The van der Waals surface area contributed by atoms with Crippen LogP contribution in [0.3, 0.4) is 0 Å². The average molecular weight is 276 g/mol. The summed E-state index contributed by atoms with van der Waals surface area (Å²) >= 11 is 1.36. The van der Waals surface area contributed by atoms with Gasteiger partial charge in [0, 0.05) is 30.7 Å². The van der Waals surface area contributed by atoms with E-state index in [1.54, 1.807) is 11.1 Å². The fourth-order valence-electron chi connectivity index (χ4n) is 2.45. The van der Waals surface area contributed by atoms with E-state index in [-0.39, 0.29) is 11.9 Å². The van der Waals surface area contributed by atoms with Crippen molar-refractivity contribution in [1.29, 1.82) is 0 Å². The van der Waals surface area contributed by atoms with Crippen LogP contribution in [0.1, 0.15) is 22.5 Å². The molecular formula is C13H16N4OS. The number of carbonyl (C=O) groups excluding carboxylic acids is 1. The van der Waals surface area contributed by atoms with Crippen molar-refractivity contribution in [2.45, 2.75) is 18.9 Å². The van der Waals surface area contributed by atoms with E-state index in [1.807, 2.05) is 12.1 Å². The van der Waals surface area contributed by atoms with Gasteiger partial charge in [-0.1, -0.05) is 0 Å². The number of nitrogens with zero attached hydrogens (tertiary/aromatic N) is 2. The molecule has 19 heavy (non-hydrogen) atoms. The van der Waals surface area contributed by atoms with Crippen LogP contribution in [-0.2, 0) is 0 Å². The van der Waals surface area contributed by atoms with Crippen molar-refractivity contribution in [2.75, 3.05) is 18.8 Å². The van der Waals surface area contributed by atoms with Crippen molar-refractivity contribution in [1.82, 2.24) is 9.88 Å². The zero-order valence-corrected chi connectivity index (χ0v) is 11.3. The summed E-state index contributed by atoms with van der Waals surface area (Å²) in [7, 11) is 0. The smallest absolute Gasteiger partial charge is 0.266 e. The molecular weight excluding hydrogens is 260 g/mol. The third kappa shape index (κ3) is 2.17. The van der Waals surface area contributed by atoms with Crippen LogP contribution in [0.2, 0.25) is 0 Å². The lowest BCUT2D eigenvalue weighted by molar-refractivity contribution is 0.0715. The highest BCUT2D eigenvalue weighted by molar-refractivity contribution is 7.21. The lowest BCUT2D eigenvalue weighted by atomic mass is 10.1. The van der Waals surface area contributed by atoms with Gasteiger partial charge in [-0.05, 0) is 25.0 Å². The Bertz CT molecular complexity index is 624. The minimum absolute atomic E-state index is 0.0179. The number of pyridine rings is 1. The van der Waals surface area contributed by atoms with Gasteiger partial charge in [0.15, 0.2) is 0 Å². The summed E-state index contributed by atoms with van der Waals surface area (Å²) in [5.41, 5.74) is 12.5. The maximum absolute atomic E-state index is 12.5. The largest absolute Gasteiger partial charge is 0.397 e. The Labute approximate surface area is 115 Å². The Morgan fingerprint density at radius 3 is 3.11 bits per heavy atom. The third-order valence-electron chi connectivity index (χ3n) is 3.44. The van der Waals surface area contributed by atoms with Gasteiger partial charge >= 0.3 is 0 Å². The lowest BCUT2D eigenvalue weighted by Gasteiger charge is -2.30. The van der Waals surface area contributed by atoms with Crippen molar-refractivity contribution in [3.05, 3.63) is 23.2 Å². The highest BCUT2D eigenvalue weighted by atomic mass is 32.1. The monoisotopic (exact) mass is 276 g/mol. The maximum Gasteiger partial charge on any atom is 0.266 e. The van der Waals surface area contributed by atoms with Crippen molar-refractivity contribution in [2.24, 2.45) is 5.73 Å². The summed E-state index contributed by atoms with van der Waals surface area (Å²) in [6.45, 7) is 1.37. The molecule has 3 heterocycles. The second kappa shape index (κ2) is 4.79. The predicted octanol–water partition coefficient (Wildman–Crippen LogP) is 1.44. The average Bonchev–Trinajstić information content (AvgIpc) is 2.76. The van der Waals surface area contributed by atoms with E-state index in [0.717, 1.165) is 29.6 Å². The molecule has 1 atom stereocenters. The van der Waals surface area contributed by atoms with Crippen molar-refractivity contribution >= 4 is 33.1 Å². The molecule has 1 amide bonds. The van der Waals surface area contributed by atoms with E-state index in [1.165, 1.54) is 11.3 Å². The van der Waals surface area contributed by atoms with Gasteiger partial charge in [0.25, 0.3) is 5.91 Å². The Morgan fingerprint density at radius 1 is 1.53 bits per heavy atom. The molecule has 100 valence electrons. The van der Waals surface area contributed by atoms with E-state index in [0.29, 0.717) is 17.1 Å². The number of hydrogen-bond acceptors (Lipinski definition) is 5. The van der Waals surface area contributed by atoms with Gasteiger partial charge in [-0.15, -0.1) is 11.3 Å². The van der Waals surface area contributed by atoms with Crippen molar-refractivity contribution < 1.29 is 4.79 Å². The number of hydrogen-bond donors (Lipinski definition) is 2. The van der Waals surface area contributed by atoms with Crippen LogP contribution in [-0.4, -0.2) is 34.9 Å². The van der Waals surface area contributed by atoms with Crippen LogP contribution in [0.15, 0.2) is 18.3 Å². The number of nitrogen functional groups attached to an aromatic ring is 1. The quantitative estimate of drug-likeness (QED) is 0.825. The summed E-state index contributed by atoms with van der Waals surface area (Å²) in [6, 6.07) is 3.80. The van der Waals surface area contributed by atoms with Gasteiger partial charge in [0.1, 0.15) is 9.71 Å². The maximum atomic E-state index is 12.5. The van der Waals surface area contributed by atoms with Crippen LogP contribution in [0.4, 0.5) is 5.69 Å². The molecule has 2 aromatic rings. The first-order valence-corrected chi connectivity index (χ1v) is 7.16. The number of fused-ring (bicyclic) bond motifs is 1. The number of likely N-dealkylation sites (tertiary alicyclic amines) is 1. The number of rotatable bonds is 1. The highest BCUT2D eigenvalue weighted by Gasteiger charge is 2.26. The van der Waals surface area contributed by atoms with Crippen molar-refractivity contribution in [3.63, 3.8) is 0 Å². The molecule has 1 fully saturated rings. The molecule has 5 nitrogen and oxygen atoms in total. The molecule has 2 aromatic heterocycles. The number of thiophene rings is 1. The first-order chi connectivity index (χ1) is 9.16. The van der Waals surface area contributed by atoms with Crippen LogP contribution >= 0.6 is 11.3 Å². The molecule has 1 aliphatic rings. The molecule has 0 bridgehead atoms. The summed E-state index contributed by atoms with van der Waals surface area (Å²) in [5, 5.41) is 0.858. The third-order valence-corrected chi connectivity index (χ3v) is 4.56. The fraction of sp³-hybridized carbons (Fsp3) is 0.385. The van der Waals surface area contributed by atoms with Gasteiger partial charge in [0.05, 0.1) is 5.69 Å². The van der Waals surface area contributed by atoms with Crippen LogP contribution < -0.4 is 11.5 Å². The second-order valence-corrected chi connectivity index (χ2v) is 5.85. The molecule has 4 N–H and O–H groups in total. The van der Waals surface area contributed by atoms with E-state index >= 15 is 0 Å². The Morgan fingerprint density at radius 2 is 2.37 bits per heavy atom. The van der Waals surface area contributed by atoms with E-state index in [2.05, 4.69) is 4.98 Å². The summed E-state index contributed by atoms with van der Waals surface area (Å²) in [6.07, 6.45) is 3.65. The summed E-state index contributed by atoms with van der Waals surface area (Å²) < 4.78 is 0. The summed E-state index contributed by atoms with van der Waals surface area (Å²) in [5.74, 6) is -0.0179. The van der Waals surface area contributed by atoms with E-state index < -0.39 is 0 Å². The predicted molar refractivity (Wildman–Crippen MR) is 77.1 cm³/mol. The Hall–Kier alpha value is -1.66. The fourth-order valence-corrected chi connectivity index (χ4v) is 3.48. The molecule has 1 aliphatic heterocycles. The number of piperidine rings is 1. The number of anilines is 1. The van der Waals surface area contributed by atoms with Gasteiger partial charge < -0.3 is 16.4 Å². The zero-order chi connectivity index (χ0) is 13.4. The number of carbonyl (C=O) groups is 1. The molecule has 0 aromatic carbocycles. The van der Waals surface area contributed by atoms with Crippen LogP contribution in [0, 0.1) is 0 Å². The van der Waals surface area contributed by atoms with Crippen LogP contribution in [0.25, 0.3) is 10.2 Å². The molecule has 1 unspecified atom stereocenters. The second-order valence-electron chi connectivity index (χ2n) is 4.85. The molecule has 0 aliphatic carbocycles. The molecule has 6 heteroatoms. The first-order valence-electron chi connectivity index (χ1n) is 6.34. The molecule has 3 rings (SSSR count). The van der Waals surface area contributed by atoms with Gasteiger partial charge in [-0.3, -0.25) is 4.79 Å². The minimum atomic E-state index is -0.0179. The van der Waals surface area contributed by atoms with Gasteiger partial charge in [-0.25, -0.2) is 4.98 Å². The van der Waals surface area contributed by atoms with Gasteiger partial charge in [-0.2, -0.15) is 0 Å². The molecule has 1 saturated heterocycles. The zero-order valence-electron chi connectivity index (χ0n) is 10.5. The van der Waals surface area contributed by atoms with Crippen molar-refractivity contribution in [3.8, 4) is 0 Å². The van der Waals surface area contributed by atoms with Gasteiger partial charge in [0.2, 0.25) is 0 Å². The number of nitrogens with two attached hydrogens (primary N) is 2. The topological polar surface area (TPSA) is 85.2 Å². The molecule has 0 saturated carbocycles. The van der Waals surface area contributed by atoms with E-state index in [9.17, 15) is 4.79 Å². The summed E-state index contributed by atoms with van der Waals surface area (Å²) in [4.78, 5) is 20.0.